The van der Waals surface area contributed by atoms with Crippen LogP contribution in [0.3, 0.4) is 0 Å². The number of hydrogen-bond acceptors (Lipinski definition) is 8. The van der Waals surface area contributed by atoms with Gasteiger partial charge in [0.2, 0.25) is 5.95 Å². The number of aromatic nitrogens is 4. The Morgan fingerprint density at radius 3 is 2.58 bits per heavy atom. The average Bonchev–Trinajstić information content (AvgIpc) is 3.28. The first-order chi connectivity index (χ1) is 16.7. The van der Waals surface area contributed by atoms with Gasteiger partial charge in [0.1, 0.15) is 4.75 Å². The molecular formula is C25H27Cl2N5O2S2. The molecule has 4 aromatic rings. The second kappa shape index (κ2) is 12.2. The van der Waals surface area contributed by atoms with Crippen LogP contribution in [0.15, 0.2) is 52.4 Å². The number of carbonyl (C=O) groups is 1. The van der Waals surface area contributed by atoms with Crippen molar-refractivity contribution >= 4 is 69.9 Å². The summed E-state index contributed by atoms with van der Waals surface area (Å²) in [5, 5.41) is 13.1. The van der Waals surface area contributed by atoms with E-state index >= 15 is 0 Å². The maximum Gasteiger partial charge on any atom is 0.319 e. The van der Waals surface area contributed by atoms with Gasteiger partial charge in [-0.3, -0.25) is 9.78 Å². The lowest BCUT2D eigenvalue weighted by Crippen LogP contribution is -2.28. The molecule has 7 nitrogen and oxygen atoms in total. The Hall–Kier alpha value is -2.46. The van der Waals surface area contributed by atoms with Crippen LogP contribution in [0.1, 0.15) is 37.7 Å². The summed E-state index contributed by atoms with van der Waals surface area (Å²) in [6.07, 6.45) is 5.26. The lowest BCUT2D eigenvalue weighted by atomic mass is 10.2. The maximum absolute atomic E-state index is 11.4. The summed E-state index contributed by atoms with van der Waals surface area (Å²) in [5.74, 6) is -0.222. The molecule has 0 aliphatic heterocycles. The van der Waals surface area contributed by atoms with E-state index in [1.54, 1.807) is 13.8 Å². The van der Waals surface area contributed by atoms with E-state index in [4.69, 9.17) is 16.6 Å². The number of anilines is 1. The highest BCUT2D eigenvalue weighted by molar-refractivity contribution is 8.03. The number of halogens is 2. The fourth-order valence-corrected chi connectivity index (χ4v) is 5.73. The molecule has 0 aliphatic rings. The number of hydrogen-bond donors (Lipinski definition) is 1. The number of rotatable bonds is 10. The molecule has 4 rings (SSSR count). The van der Waals surface area contributed by atoms with Crippen LogP contribution in [-0.4, -0.2) is 42.3 Å². The average molecular weight is 565 g/mol. The fourth-order valence-electron chi connectivity index (χ4n) is 3.33. The summed E-state index contributed by atoms with van der Waals surface area (Å²) in [5.41, 5.74) is 3.78. The summed E-state index contributed by atoms with van der Waals surface area (Å²) in [6.45, 7) is 6.63. The molecule has 0 saturated carbocycles. The monoisotopic (exact) mass is 563 g/mol. The molecule has 190 valence electrons. The molecule has 0 aliphatic carbocycles. The first-order valence-electron chi connectivity index (χ1n) is 11.2. The van der Waals surface area contributed by atoms with Crippen molar-refractivity contribution in [3.8, 4) is 0 Å². The molecule has 0 unspecified atom stereocenters. The zero-order chi connectivity index (χ0) is 25.0. The van der Waals surface area contributed by atoms with E-state index in [9.17, 15) is 9.90 Å². The van der Waals surface area contributed by atoms with Gasteiger partial charge in [-0.05, 0) is 50.1 Å². The Morgan fingerprint density at radius 2 is 1.89 bits per heavy atom. The second-order valence-corrected chi connectivity index (χ2v) is 11.7. The third-order valence-electron chi connectivity index (χ3n) is 5.47. The lowest BCUT2D eigenvalue weighted by molar-refractivity contribution is -0.138. The molecule has 1 N–H and O–H groups in total. The van der Waals surface area contributed by atoms with Gasteiger partial charge in [0, 0.05) is 41.1 Å². The molecule has 0 radical (unpaired) electrons. The number of thiazole rings is 1. The van der Waals surface area contributed by atoms with E-state index in [0.29, 0.717) is 30.5 Å². The minimum atomic E-state index is -0.929. The van der Waals surface area contributed by atoms with Gasteiger partial charge >= 0.3 is 5.97 Å². The topological polar surface area (TPSA) is 92.1 Å². The Kier molecular flexibility index (Phi) is 9.52. The van der Waals surface area contributed by atoms with Gasteiger partial charge in [-0.15, -0.1) is 23.7 Å². The van der Waals surface area contributed by atoms with Crippen molar-refractivity contribution in [3.63, 3.8) is 0 Å². The minimum Gasteiger partial charge on any atom is -0.480 e. The van der Waals surface area contributed by atoms with E-state index < -0.39 is 10.7 Å². The molecule has 0 saturated heterocycles. The summed E-state index contributed by atoms with van der Waals surface area (Å²) in [6, 6.07) is 9.69. The van der Waals surface area contributed by atoms with Crippen LogP contribution in [0.25, 0.3) is 10.9 Å². The van der Waals surface area contributed by atoms with E-state index in [-0.39, 0.29) is 12.4 Å². The zero-order valence-electron chi connectivity index (χ0n) is 20.1. The van der Waals surface area contributed by atoms with Crippen LogP contribution in [0.5, 0.6) is 0 Å². The molecule has 0 fully saturated rings. The number of aliphatic carboxylic acids is 1. The van der Waals surface area contributed by atoms with Gasteiger partial charge in [-0.2, -0.15) is 0 Å². The number of fused-ring (bicyclic) bond motifs is 1. The number of benzene rings is 1. The first-order valence-corrected chi connectivity index (χ1v) is 13.3. The van der Waals surface area contributed by atoms with Crippen molar-refractivity contribution in [1.29, 1.82) is 0 Å². The van der Waals surface area contributed by atoms with E-state index in [2.05, 4.69) is 26.8 Å². The van der Waals surface area contributed by atoms with Crippen molar-refractivity contribution in [1.82, 2.24) is 19.9 Å². The third kappa shape index (κ3) is 7.06. The van der Waals surface area contributed by atoms with Gasteiger partial charge in [-0.1, -0.05) is 36.4 Å². The number of carboxylic acids is 1. The van der Waals surface area contributed by atoms with E-state index in [0.717, 1.165) is 38.6 Å². The van der Waals surface area contributed by atoms with Crippen molar-refractivity contribution < 1.29 is 9.90 Å². The third-order valence-corrected chi connectivity index (χ3v) is 7.88. The van der Waals surface area contributed by atoms with E-state index in [1.807, 2.05) is 48.1 Å². The smallest absolute Gasteiger partial charge is 0.319 e. The highest BCUT2D eigenvalue weighted by Gasteiger charge is 2.29. The van der Waals surface area contributed by atoms with Gasteiger partial charge in [0.05, 0.1) is 23.4 Å². The molecule has 11 heteroatoms. The summed E-state index contributed by atoms with van der Waals surface area (Å²) < 4.78 is -0.181. The Balaban J connectivity index is 0.00000361. The highest BCUT2D eigenvalue weighted by Crippen LogP contribution is 2.34. The zero-order valence-corrected chi connectivity index (χ0v) is 23.3. The van der Waals surface area contributed by atoms with Crippen LogP contribution in [-0.2, 0) is 24.2 Å². The summed E-state index contributed by atoms with van der Waals surface area (Å²) >= 11 is 8.84. The molecule has 3 heterocycles. The van der Waals surface area contributed by atoms with Gasteiger partial charge in [0.25, 0.3) is 0 Å². The summed E-state index contributed by atoms with van der Waals surface area (Å²) in [7, 11) is 0. The fraction of sp³-hybridized carbons (Fsp3) is 0.320. The van der Waals surface area contributed by atoms with Crippen LogP contribution >= 0.6 is 47.1 Å². The standard InChI is InChI=1S/C25H26ClN5O2S2.ClH/c1-4-16-12-27-23(28-13-16)31(14-19-7-5-17-11-18(26)6-8-21(17)29-19)10-9-20-15-34-24(30-20)35-25(2,3)22(32)33;/h5-8,11-13,15H,4,9-10,14H2,1-3H3,(H,32,33);1H. The van der Waals surface area contributed by atoms with Crippen LogP contribution < -0.4 is 4.90 Å². The lowest BCUT2D eigenvalue weighted by Gasteiger charge is -2.22. The Labute approximate surface area is 229 Å². The predicted molar refractivity (Wildman–Crippen MR) is 150 cm³/mol. The maximum atomic E-state index is 11.4. The largest absolute Gasteiger partial charge is 0.480 e. The number of thioether (sulfide) groups is 1. The highest BCUT2D eigenvalue weighted by atomic mass is 35.5. The Morgan fingerprint density at radius 1 is 1.14 bits per heavy atom. The number of pyridine rings is 1. The quantitative estimate of drug-likeness (QED) is 0.224. The van der Waals surface area contributed by atoms with Gasteiger partial charge < -0.3 is 10.0 Å². The molecule has 36 heavy (non-hydrogen) atoms. The number of aryl methyl sites for hydroxylation is 1. The van der Waals surface area contributed by atoms with E-state index in [1.165, 1.54) is 23.1 Å². The van der Waals surface area contributed by atoms with Crippen molar-refractivity contribution in [3.05, 3.63) is 70.1 Å². The molecule has 0 atom stereocenters. The molecule has 3 aromatic heterocycles. The molecule has 0 spiro atoms. The molecule has 0 bridgehead atoms. The number of nitrogens with zero attached hydrogens (tertiary/aromatic N) is 5. The number of carboxylic acid groups (broad SMARTS) is 1. The molecular weight excluding hydrogens is 537 g/mol. The van der Waals surface area contributed by atoms with Crippen LogP contribution in [0.2, 0.25) is 5.02 Å². The van der Waals surface area contributed by atoms with Crippen LogP contribution in [0, 0.1) is 0 Å². The second-order valence-electron chi connectivity index (χ2n) is 8.58. The van der Waals surface area contributed by atoms with Crippen molar-refractivity contribution in [2.75, 3.05) is 11.4 Å². The van der Waals surface area contributed by atoms with Crippen molar-refractivity contribution in [2.24, 2.45) is 0 Å². The van der Waals surface area contributed by atoms with Gasteiger partial charge in [-0.25, -0.2) is 15.0 Å². The SMILES string of the molecule is CCc1cnc(N(CCc2csc(SC(C)(C)C(=O)O)n2)Cc2ccc3cc(Cl)ccc3n2)nc1.Cl. The first kappa shape index (κ1) is 28.1. The normalized spacial score (nSPS) is 11.3. The minimum absolute atomic E-state index is 0. The Bertz CT molecular complexity index is 1330. The van der Waals surface area contributed by atoms with Crippen molar-refractivity contribution in [2.45, 2.75) is 49.2 Å². The molecule has 0 amide bonds. The van der Waals surface area contributed by atoms with Crippen LogP contribution in [0.4, 0.5) is 5.95 Å². The molecule has 1 aromatic carbocycles. The predicted octanol–water partition coefficient (Wildman–Crippen LogP) is 6.32. The summed E-state index contributed by atoms with van der Waals surface area (Å²) in [4.78, 5) is 32.2. The van der Waals surface area contributed by atoms with Gasteiger partial charge in [0.15, 0.2) is 4.34 Å².